The highest BCUT2D eigenvalue weighted by Gasteiger charge is 2.08. The third kappa shape index (κ3) is 4.48. The maximum atomic E-state index is 11.9. The highest BCUT2D eigenvalue weighted by molar-refractivity contribution is 5.89. The van der Waals surface area contributed by atoms with E-state index in [9.17, 15) is 4.79 Å². The molecule has 7 heteroatoms. The smallest absolute Gasteiger partial charge is 0.319 e. The molecule has 2 heterocycles. The lowest BCUT2D eigenvalue weighted by atomic mass is 10.3. The van der Waals surface area contributed by atoms with Crippen LogP contribution in [0.25, 0.3) is 0 Å². The molecule has 1 unspecified atom stereocenters. The molecule has 1 atom stereocenters. The molecule has 2 amide bonds. The lowest BCUT2D eigenvalue weighted by Crippen LogP contribution is -2.38. The maximum Gasteiger partial charge on any atom is 0.319 e. The molecule has 112 valence electrons. The fourth-order valence-corrected chi connectivity index (χ4v) is 1.85. The largest absolute Gasteiger partial charge is 0.363 e. The van der Waals surface area contributed by atoms with Crippen LogP contribution in [0.1, 0.15) is 6.92 Å². The van der Waals surface area contributed by atoms with Crippen molar-refractivity contribution >= 4 is 17.5 Å². The van der Waals surface area contributed by atoms with Gasteiger partial charge in [-0.25, -0.2) is 9.78 Å². The van der Waals surface area contributed by atoms with Gasteiger partial charge >= 0.3 is 6.03 Å². The average molecular weight is 288 g/mol. The number of amides is 2. The number of urea groups is 1. The minimum atomic E-state index is -0.256. The van der Waals surface area contributed by atoms with Crippen LogP contribution in [0.15, 0.2) is 36.8 Å². The van der Waals surface area contributed by atoms with Crippen molar-refractivity contribution in [2.75, 3.05) is 24.3 Å². The first-order valence-corrected chi connectivity index (χ1v) is 6.73. The summed E-state index contributed by atoms with van der Waals surface area (Å²) in [5.74, 6) is 0.841. The third-order valence-electron chi connectivity index (χ3n) is 2.86. The number of nitrogens with one attached hydrogen (secondary N) is 2. The molecule has 2 rings (SSSR count). The van der Waals surface area contributed by atoms with Crippen molar-refractivity contribution in [3.8, 4) is 0 Å². The number of carbonyl (C=O) groups is 1. The topological polar surface area (TPSA) is 75.1 Å². The second kappa shape index (κ2) is 6.74. The van der Waals surface area contributed by atoms with E-state index in [0.29, 0.717) is 12.2 Å². The molecule has 0 radical (unpaired) electrons. The highest BCUT2D eigenvalue weighted by Crippen LogP contribution is 2.11. The lowest BCUT2D eigenvalue weighted by molar-refractivity contribution is 0.247. The Labute approximate surface area is 124 Å². The molecule has 0 saturated carbocycles. The van der Waals surface area contributed by atoms with Gasteiger partial charge in [0, 0.05) is 32.5 Å². The molecule has 2 N–H and O–H groups in total. The lowest BCUT2D eigenvalue weighted by Gasteiger charge is -2.15. The van der Waals surface area contributed by atoms with Gasteiger partial charge in [-0.15, -0.1) is 0 Å². The van der Waals surface area contributed by atoms with Crippen molar-refractivity contribution in [3.05, 3.63) is 36.8 Å². The maximum absolute atomic E-state index is 11.9. The standard InChI is InChI=1S/C14H20N6O/c1-11(10-20-8-4-7-16-20)17-14(21)18-12-5-6-13(15-9-12)19(2)3/h4-9,11H,10H2,1-3H3,(H2,17,18,21). The Kier molecular flexibility index (Phi) is 4.76. The van der Waals surface area contributed by atoms with Gasteiger partial charge in [-0.1, -0.05) is 0 Å². The van der Waals surface area contributed by atoms with Gasteiger partial charge in [-0.05, 0) is 25.1 Å². The molecule has 0 spiro atoms. The summed E-state index contributed by atoms with van der Waals surface area (Å²) in [4.78, 5) is 18.0. The molecule has 0 aromatic carbocycles. The Bertz CT molecular complexity index is 564. The summed E-state index contributed by atoms with van der Waals surface area (Å²) in [5, 5.41) is 9.72. The van der Waals surface area contributed by atoms with Crippen molar-refractivity contribution < 1.29 is 4.79 Å². The van der Waals surface area contributed by atoms with Crippen LogP contribution in [0.3, 0.4) is 0 Å². The Balaban J connectivity index is 1.83. The van der Waals surface area contributed by atoms with Gasteiger partial charge in [-0.3, -0.25) is 4.68 Å². The first-order valence-electron chi connectivity index (χ1n) is 6.73. The molecular weight excluding hydrogens is 268 g/mol. The van der Waals surface area contributed by atoms with Gasteiger partial charge in [0.05, 0.1) is 18.4 Å². The first-order chi connectivity index (χ1) is 10.0. The molecule has 2 aromatic heterocycles. The van der Waals surface area contributed by atoms with Gasteiger partial charge < -0.3 is 15.5 Å². The Morgan fingerprint density at radius 3 is 2.81 bits per heavy atom. The molecule has 0 aliphatic carbocycles. The predicted octanol–water partition coefficient (Wildman–Crippen LogP) is 1.55. The van der Waals surface area contributed by atoms with Crippen molar-refractivity contribution in [3.63, 3.8) is 0 Å². The van der Waals surface area contributed by atoms with Crippen LogP contribution in [0.5, 0.6) is 0 Å². The second-order valence-corrected chi connectivity index (χ2v) is 5.03. The number of anilines is 2. The Hall–Kier alpha value is -2.57. The van der Waals surface area contributed by atoms with E-state index in [4.69, 9.17) is 0 Å². The van der Waals surface area contributed by atoms with Crippen molar-refractivity contribution in [1.82, 2.24) is 20.1 Å². The van der Waals surface area contributed by atoms with Crippen LogP contribution < -0.4 is 15.5 Å². The molecule has 0 bridgehead atoms. The van der Waals surface area contributed by atoms with Crippen LogP contribution in [-0.4, -0.2) is 40.9 Å². The van der Waals surface area contributed by atoms with Crippen LogP contribution in [0.2, 0.25) is 0 Å². The minimum Gasteiger partial charge on any atom is -0.363 e. The summed E-state index contributed by atoms with van der Waals surface area (Å²) in [7, 11) is 3.83. The van der Waals surface area contributed by atoms with Crippen molar-refractivity contribution in [1.29, 1.82) is 0 Å². The zero-order chi connectivity index (χ0) is 15.2. The van der Waals surface area contributed by atoms with Gasteiger partial charge in [0.1, 0.15) is 5.82 Å². The summed E-state index contributed by atoms with van der Waals surface area (Å²) in [6.07, 6.45) is 5.21. The number of aromatic nitrogens is 3. The summed E-state index contributed by atoms with van der Waals surface area (Å²) in [5.41, 5.74) is 0.657. The number of hydrogen-bond acceptors (Lipinski definition) is 4. The van der Waals surface area contributed by atoms with Crippen molar-refractivity contribution in [2.45, 2.75) is 19.5 Å². The molecule has 0 aliphatic rings. The van der Waals surface area contributed by atoms with Gasteiger partial charge in [-0.2, -0.15) is 5.10 Å². The Morgan fingerprint density at radius 1 is 1.43 bits per heavy atom. The van der Waals surface area contributed by atoms with Crippen LogP contribution in [0.4, 0.5) is 16.3 Å². The second-order valence-electron chi connectivity index (χ2n) is 5.03. The van der Waals surface area contributed by atoms with Crippen molar-refractivity contribution in [2.24, 2.45) is 0 Å². The normalized spacial score (nSPS) is 11.8. The Morgan fingerprint density at radius 2 is 2.24 bits per heavy atom. The van der Waals surface area contributed by atoms with E-state index in [2.05, 4.69) is 20.7 Å². The average Bonchev–Trinajstić information content (AvgIpc) is 2.91. The molecule has 0 aliphatic heterocycles. The van der Waals surface area contributed by atoms with E-state index >= 15 is 0 Å². The van der Waals surface area contributed by atoms with Gasteiger partial charge in [0.15, 0.2) is 0 Å². The number of hydrogen-bond donors (Lipinski definition) is 2. The molecule has 0 fully saturated rings. The van der Waals surface area contributed by atoms with E-state index in [1.807, 2.05) is 50.3 Å². The summed E-state index contributed by atoms with van der Waals surface area (Å²) in [6, 6.07) is 5.24. The fourth-order valence-electron chi connectivity index (χ4n) is 1.85. The minimum absolute atomic E-state index is 0.0288. The summed E-state index contributed by atoms with van der Waals surface area (Å²) < 4.78 is 1.78. The first kappa shape index (κ1) is 14.8. The van der Waals surface area contributed by atoms with Crippen LogP contribution >= 0.6 is 0 Å². The molecule has 0 saturated heterocycles. The molecular formula is C14H20N6O. The molecule has 7 nitrogen and oxygen atoms in total. The number of nitrogens with zero attached hydrogens (tertiary/aromatic N) is 4. The third-order valence-corrected chi connectivity index (χ3v) is 2.86. The van der Waals surface area contributed by atoms with Crippen LogP contribution in [0, 0.1) is 0 Å². The van der Waals surface area contributed by atoms with Gasteiger partial charge in [0.2, 0.25) is 0 Å². The number of pyridine rings is 1. The van der Waals surface area contributed by atoms with Crippen LogP contribution in [-0.2, 0) is 6.54 Å². The zero-order valence-electron chi connectivity index (χ0n) is 12.4. The highest BCUT2D eigenvalue weighted by atomic mass is 16.2. The van der Waals surface area contributed by atoms with E-state index in [-0.39, 0.29) is 12.1 Å². The van der Waals surface area contributed by atoms with E-state index < -0.39 is 0 Å². The molecule has 2 aromatic rings. The monoisotopic (exact) mass is 288 g/mol. The van der Waals surface area contributed by atoms with E-state index in [1.54, 1.807) is 17.1 Å². The SMILES string of the molecule is CC(Cn1cccn1)NC(=O)Nc1ccc(N(C)C)nc1. The van der Waals surface area contributed by atoms with Gasteiger partial charge in [0.25, 0.3) is 0 Å². The zero-order valence-corrected chi connectivity index (χ0v) is 12.4. The van der Waals surface area contributed by atoms with E-state index in [0.717, 1.165) is 5.82 Å². The summed E-state index contributed by atoms with van der Waals surface area (Å²) >= 11 is 0. The molecule has 21 heavy (non-hydrogen) atoms. The predicted molar refractivity (Wildman–Crippen MR) is 82.4 cm³/mol. The summed E-state index contributed by atoms with van der Waals surface area (Å²) in [6.45, 7) is 2.55. The fraction of sp³-hybridized carbons (Fsp3) is 0.357. The number of carbonyl (C=O) groups excluding carboxylic acids is 1. The quantitative estimate of drug-likeness (QED) is 0.875. The van der Waals surface area contributed by atoms with E-state index in [1.165, 1.54) is 0 Å². The number of rotatable bonds is 5.